The van der Waals surface area contributed by atoms with Gasteiger partial charge in [0.2, 0.25) is 0 Å². The molecule has 2 N–H and O–H groups in total. The second-order valence-corrected chi connectivity index (χ2v) is 2.22. The van der Waals surface area contributed by atoms with E-state index >= 15 is 0 Å². The minimum Gasteiger partial charge on any atom is -0.481 e. The van der Waals surface area contributed by atoms with Crippen LogP contribution >= 0.6 is 0 Å². The molecule has 0 fully saturated rings. The molecule has 0 aliphatic heterocycles. The van der Waals surface area contributed by atoms with Crippen LogP contribution in [0.3, 0.4) is 0 Å². The highest BCUT2D eigenvalue weighted by molar-refractivity contribution is 5.67. The molecule has 4 heteroatoms. The van der Waals surface area contributed by atoms with Crippen molar-refractivity contribution in [2.24, 2.45) is 0 Å². The van der Waals surface area contributed by atoms with Gasteiger partial charge in [-0.15, -0.1) is 0 Å². The predicted octanol–water partition coefficient (Wildman–Crippen LogP) is 0.249. The molecule has 0 amide bonds. The molecule has 0 spiro atoms. The zero-order valence-corrected chi connectivity index (χ0v) is 6.62. The van der Waals surface area contributed by atoms with E-state index in [2.05, 4.69) is 0 Å². The van der Waals surface area contributed by atoms with Crippen LogP contribution in [0.5, 0.6) is 0 Å². The van der Waals surface area contributed by atoms with E-state index in [0.29, 0.717) is 6.42 Å². The van der Waals surface area contributed by atoms with E-state index in [4.69, 9.17) is 14.9 Å². The van der Waals surface area contributed by atoms with Crippen molar-refractivity contribution in [3.8, 4) is 0 Å². The van der Waals surface area contributed by atoms with E-state index in [1.807, 2.05) is 6.92 Å². The molecule has 66 valence electrons. The number of aliphatic hydroxyl groups excluding tert-OH is 1. The van der Waals surface area contributed by atoms with Crippen molar-refractivity contribution < 1.29 is 19.7 Å². The minimum atomic E-state index is -0.866. The summed E-state index contributed by atoms with van der Waals surface area (Å²) in [6.45, 7) is 2.01. The largest absolute Gasteiger partial charge is 0.481 e. The van der Waals surface area contributed by atoms with E-state index in [0.717, 1.165) is 0 Å². The number of carbonyl (C=O) groups is 1. The monoisotopic (exact) mass is 162 g/mol. The fourth-order valence-electron chi connectivity index (χ4n) is 0.735. The molecule has 0 aromatic heterocycles. The molecular weight excluding hydrogens is 148 g/mol. The number of ether oxygens (including phenoxy) is 1. The zero-order valence-electron chi connectivity index (χ0n) is 6.62. The molecule has 0 saturated heterocycles. The molecule has 0 radical (unpaired) electrons. The molecule has 11 heavy (non-hydrogen) atoms. The Balaban J connectivity index is 3.49. The van der Waals surface area contributed by atoms with E-state index in [9.17, 15) is 4.79 Å². The summed E-state index contributed by atoms with van der Waals surface area (Å²) in [7, 11) is 0. The van der Waals surface area contributed by atoms with Gasteiger partial charge in [0, 0.05) is 0 Å². The first-order chi connectivity index (χ1) is 5.20. The van der Waals surface area contributed by atoms with Gasteiger partial charge in [0.05, 0.1) is 25.7 Å². The Kier molecular flexibility index (Phi) is 5.78. The second kappa shape index (κ2) is 6.12. The summed E-state index contributed by atoms with van der Waals surface area (Å²) in [6.07, 6.45) is 0.405. The molecule has 0 rings (SSSR count). The molecule has 0 saturated carbocycles. The fourth-order valence-corrected chi connectivity index (χ4v) is 0.735. The van der Waals surface area contributed by atoms with Gasteiger partial charge >= 0.3 is 5.97 Å². The average Bonchev–Trinajstić information content (AvgIpc) is 1.97. The zero-order chi connectivity index (χ0) is 8.69. The molecule has 1 atom stereocenters. The van der Waals surface area contributed by atoms with Crippen molar-refractivity contribution in [2.75, 3.05) is 13.2 Å². The topological polar surface area (TPSA) is 66.8 Å². The van der Waals surface area contributed by atoms with E-state index in [-0.39, 0.29) is 25.7 Å². The summed E-state index contributed by atoms with van der Waals surface area (Å²) < 4.78 is 5.02. The first kappa shape index (κ1) is 10.4. The van der Waals surface area contributed by atoms with Crippen LogP contribution in [0.25, 0.3) is 0 Å². The molecule has 0 aliphatic carbocycles. The molecule has 4 nitrogen and oxygen atoms in total. The van der Waals surface area contributed by atoms with Crippen LogP contribution < -0.4 is 0 Å². The van der Waals surface area contributed by atoms with Crippen LogP contribution in [0.15, 0.2) is 0 Å². The lowest BCUT2D eigenvalue weighted by Gasteiger charge is -2.11. The van der Waals surface area contributed by atoms with Crippen molar-refractivity contribution in [1.29, 1.82) is 0 Å². The third-order valence-corrected chi connectivity index (χ3v) is 1.30. The number of carboxylic acid groups (broad SMARTS) is 1. The van der Waals surface area contributed by atoms with Gasteiger partial charge in [-0.3, -0.25) is 4.79 Å². The number of aliphatic carboxylic acids is 1. The standard InChI is InChI=1S/C7H14O4/c1-2-6(5-7(9)10)11-4-3-8/h6,8H,2-5H2,1H3,(H,9,10). The van der Waals surface area contributed by atoms with Crippen LogP contribution in [0.2, 0.25) is 0 Å². The van der Waals surface area contributed by atoms with Gasteiger partial charge in [-0.1, -0.05) is 6.92 Å². The predicted molar refractivity (Wildman–Crippen MR) is 39.4 cm³/mol. The summed E-state index contributed by atoms with van der Waals surface area (Å²) in [6, 6.07) is 0. The van der Waals surface area contributed by atoms with Crippen LogP contribution in [-0.2, 0) is 9.53 Å². The smallest absolute Gasteiger partial charge is 0.305 e. The Bertz CT molecular complexity index is 113. The van der Waals surface area contributed by atoms with Crippen molar-refractivity contribution in [1.82, 2.24) is 0 Å². The summed E-state index contributed by atoms with van der Waals surface area (Å²) in [4.78, 5) is 10.2. The summed E-state index contributed by atoms with van der Waals surface area (Å²) in [5, 5.41) is 16.7. The lowest BCUT2D eigenvalue weighted by molar-refractivity contribution is -0.140. The molecule has 0 aliphatic rings. The van der Waals surface area contributed by atoms with E-state index < -0.39 is 5.97 Å². The lowest BCUT2D eigenvalue weighted by atomic mass is 10.2. The molecule has 0 bridgehead atoms. The molecule has 0 aromatic rings. The van der Waals surface area contributed by atoms with Crippen molar-refractivity contribution >= 4 is 5.97 Å². The fraction of sp³-hybridized carbons (Fsp3) is 0.857. The Morgan fingerprint density at radius 3 is 2.64 bits per heavy atom. The Morgan fingerprint density at radius 1 is 1.64 bits per heavy atom. The number of hydrogen-bond donors (Lipinski definition) is 2. The Labute approximate surface area is 65.8 Å². The van der Waals surface area contributed by atoms with E-state index in [1.165, 1.54) is 0 Å². The summed E-state index contributed by atoms with van der Waals surface area (Å²) >= 11 is 0. The molecule has 0 heterocycles. The third kappa shape index (κ3) is 5.82. The van der Waals surface area contributed by atoms with Crippen LogP contribution in [0.1, 0.15) is 19.8 Å². The Hall–Kier alpha value is -0.610. The van der Waals surface area contributed by atoms with E-state index in [1.54, 1.807) is 0 Å². The van der Waals surface area contributed by atoms with Gasteiger partial charge in [0.15, 0.2) is 0 Å². The highest BCUT2D eigenvalue weighted by Crippen LogP contribution is 2.02. The van der Waals surface area contributed by atoms with Gasteiger partial charge in [-0.25, -0.2) is 0 Å². The van der Waals surface area contributed by atoms with Crippen molar-refractivity contribution in [3.63, 3.8) is 0 Å². The van der Waals surface area contributed by atoms with Gasteiger partial charge in [-0.2, -0.15) is 0 Å². The summed E-state index contributed by atoms with van der Waals surface area (Å²) in [5.41, 5.74) is 0. The van der Waals surface area contributed by atoms with Crippen LogP contribution in [0, 0.1) is 0 Å². The van der Waals surface area contributed by atoms with Gasteiger partial charge < -0.3 is 14.9 Å². The SMILES string of the molecule is CCC(CC(=O)O)OCCO. The van der Waals surface area contributed by atoms with Gasteiger partial charge in [0.1, 0.15) is 0 Å². The number of aliphatic hydroxyl groups is 1. The first-order valence-electron chi connectivity index (χ1n) is 3.65. The maximum atomic E-state index is 10.2. The number of hydrogen-bond acceptors (Lipinski definition) is 3. The quantitative estimate of drug-likeness (QED) is 0.587. The molecule has 0 aromatic carbocycles. The van der Waals surface area contributed by atoms with Crippen LogP contribution in [0.4, 0.5) is 0 Å². The molecular formula is C7H14O4. The molecule has 1 unspecified atom stereocenters. The lowest BCUT2D eigenvalue weighted by Crippen LogP contribution is -2.18. The number of rotatable bonds is 6. The van der Waals surface area contributed by atoms with Gasteiger partial charge in [-0.05, 0) is 6.42 Å². The van der Waals surface area contributed by atoms with Crippen molar-refractivity contribution in [2.45, 2.75) is 25.9 Å². The highest BCUT2D eigenvalue weighted by Gasteiger charge is 2.10. The normalized spacial score (nSPS) is 12.9. The maximum Gasteiger partial charge on any atom is 0.305 e. The number of carboxylic acids is 1. The summed E-state index contributed by atoms with van der Waals surface area (Å²) in [5.74, 6) is -0.866. The second-order valence-electron chi connectivity index (χ2n) is 2.22. The average molecular weight is 162 g/mol. The first-order valence-corrected chi connectivity index (χ1v) is 3.65. The highest BCUT2D eigenvalue weighted by atomic mass is 16.5. The maximum absolute atomic E-state index is 10.2. The van der Waals surface area contributed by atoms with Crippen LogP contribution in [-0.4, -0.2) is 35.5 Å². The Morgan fingerprint density at radius 2 is 2.27 bits per heavy atom. The minimum absolute atomic E-state index is 0.0104. The van der Waals surface area contributed by atoms with Crippen molar-refractivity contribution in [3.05, 3.63) is 0 Å². The van der Waals surface area contributed by atoms with Gasteiger partial charge in [0.25, 0.3) is 0 Å². The third-order valence-electron chi connectivity index (χ3n) is 1.30.